The van der Waals surface area contributed by atoms with Crippen LogP contribution in [0.25, 0.3) is 10.1 Å². The van der Waals surface area contributed by atoms with Crippen LogP contribution in [0.3, 0.4) is 0 Å². The number of methoxy groups -OCH3 is 1. The third kappa shape index (κ3) is 5.26. The van der Waals surface area contributed by atoms with Crippen LogP contribution in [0.2, 0.25) is 0 Å². The lowest BCUT2D eigenvalue weighted by Gasteiger charge is -2.12. The van der Waals surface area contributed by atoms with Crippen molar-refractivity contribution in [1.82, 2.24) is 10.7 Å². The van der Waals surface area contributed by atoms with Gasteiger partial charge in [0, 0.05) is 26.6 Å². The predicted octanol–water partition coefficient (Wildman–Crippen LogP) is 3.97. The quantitative estimate of drug-likeness (QED) is 0.381. The Morgan fingerprint density at radius 2 is 1.97 bits per heavy atom. The fraction of sp³-hybridized carbons (Fsp3) is 0.292. The zero-order valence-electron chi connectivity index (χ0n) is 18.0. The van der Waals surface area contributed by atoms with E-state index in [1.807, 2.05) is 36.6 Å². The van der Waals surface area contributed by atoms with Crippen molar-refractivity contribution in [2.45, 2.75) is 19.8 Å². The van der Waals surface area contributed by atoms with Crippen molar-refractivity contribution in [3.63, 3.8) is 0 Å². The SMILES string of the molecule is COc1cc(C(=O)NCC(=O)NN=C(C)c2csc3ccccc23)ccc1OCC1CC1. The van der Waals surface area contributed by atoms with Gasteiger partial charge in [0.2, 0.25) is 0 Å². The normalized spacial score (nSPS) is 13.6. The lowest BCUT2D eigenvalue weighted by Crippen LogP contribution is -2.35. The molecular weight excluding hydrogens is 426 g/mol. The van der Waals surface area contributed by atoms with E-state index >= 15 is 0 Å². The number of hydrazone groups is 1. The van der Waals surface area contributed by atoms with Gasteiger partial charge in [-0.2, -0.15) is 5.10 Å². The Kier molecular flexibility index (Phi) is 6.70. The molecule has 0 bridgehead atoms. The van der Waals surface area contributed by atoms with Gasteiger partial charge in [-0.3, -0.25) is 9.59 Å². The number of rotatable bonds is 9. The van der Waals surface area contributed by atoms with Crippen LogP contribution in [0.4, 0.5) is 0 Å². The summed E-state index contributed by atoms with van der Waals surface area (Å²) in [5, 5.41) is 9.90. The number of hydrogen-bond acceptors (Lipinski definition) is 6. The second-order valence-corrected chi connectivity index (χ2v) is 8.59. The first-order valence-electron chi connectivity index (χ1n) is 10.4. The Morgan fingerprint density at radius 3 is 2.75 bits per heavy atom. The summed E-state index contributed by atoms with van der Waals surface area (Å²) < 4.78 is 12.3. The van der Waals surface area contributed by atoms with E-state index in [1.165, 1.54) is 20.0 Å². The Bertz CT molecular complexity index is 1170. The molecule has 7 nitrogen and oxygen atoms in total. The molecule has 1 heterocycles. The van der Waals surface area contributed by atoms with Gasteiger partial charge in [0.1, 0.15) is 0 Å². The number of nitrogens with one attached hydrogen (secondary N) is 2. The number of amides is 2. The first-order chi connectivity index (χ1) is 15.5. The van der Waals surface area contributed by atoms with Crippen molar-refractivity contribution in [2.24, 2.45) is 11.0 Å². The highest BCUT2D eigenvalue weighted by molar-refractivity contribution is 7.17. The van der Waals surface area contributed by atoms with Crippen molar-refractivity contribution < 1.29 is 19.1 Å². The molecule has 0 aliphatic heterocycles. The van der Waals surface area contributed by atoms with Gasteiger partial charge in [0.15, 0.2) is 11.5 Å². The average molecular weight is 452 g/mol. The van der Waals surface area contributed by atoms with Crippen molar-refractivity contribution >= 4 is 38.9 Å². The number of carbonyl (C=O) groups excluding carboxylic acids is 2. The second-order valence-electron chi connectivity index (χ2n) is 7.68. The summed E-state index contributed by atoms with van der Waals surface area (Å²) in [6.45, 7) is 2.30. The molecule has 1 aromatic heterocycles. The lowest BCUT2D eigenvalue weighted by molar-refractivity contribution is -0.120. The van der Waals surface area contributed by atoms with E-state index < -0.39 is 5.91 Å². The Balaban J connectivity index is 1.31. The molecule has 1 fully saturated rings. The zero-order valence-corrected chi connectivity index (χ0v) is 18.8. The highest BCUT2D eigenvalue weighted by Crippen LogP contribution is 2.33. The molecule has 2 amide bonds. The third-order valence-corrected chi connectivity index (χ3v) is 6.19. The molecule has 166 valence electrons. The molecule has 0 spiro atoms. The molecule has 2 aromatic carbocycles. The van der Waals surface area contributed by atoms with E-state index in [0.29, 0.717) is 35.3 Å². The molecule has 1 aliphatic carbocycles. The molecule has 0 unspecified atom stereocenters. The summed E-state index contributed by atoms with van der Waals surface area (Å²) in [5.74, 6) is 0.932. The average Bonchev–Trinajstić information content (AvgIpc) is 3.55. The molecule has 1 aliphatic rings. The van der Waals surface area contributed by atoms with E-state index in [-0.39, 0.29) is 12.5 Å². The molecule has 4 rings (SSSR count). The number of thiophene rings is 1. The van der Waals surface area contributed by atoms with Crippen LogP contribution >= 0.6 is 11.3 Å². The predicted molar refractivity (Wildman–Crippen MR) is 126 cm³/mol. The number of fused-ring (bicyclic) bond motifs is 1. The van der Waals surface area contributed by atoms with Gasteiger partial charge >= 0.3 is 0 Å². The third-order valence-electron chi connectivity index (χ3n) is 5.23. The van der Waals surface area contributed by atoms with Crippen molar-refractivity contribution in [3.8, 4) is 11.5 Å². The van der Waals surface area contributed by atoms with Crippen LogP contribution < -0.4 is 20.2 Å². The van der Waals surface area contributed by atoms with E-state index in [2.05, 4.69) is 15.8 Å². The fourth-order valence-corrected chi connectivity index (χ4v) is 4.19. The van der Waals surface area contributed by atoms with Crippen LogP contribution in [0.5, 0.6) is 11.5 Å². The molecule has 8 heteroatoms. The number of carbonyl (C=O) groups is 2. The van der Waals surface area contributed by atoms with Crippen LogP contribution in [-0.4, -0.2) is 37.8 Å². The first-order valence-corrected chi connectivity index (χ1v) is 11.3. The molecule has 0 saturated heterocycles. The van der Waals surface area contributed by atoms with Crippen LogP contribution in [0, 0.1) is 5.92 Å². The highest BCUT2D eigenvalue weighted by atomic mass is 32.1. The summed E-state index contributed by atoms with van der Waals surface area (Å²) >= 11 is 1.63. The van der Waals surface area contributed by atoms with Crippen LogP contribution in [-0.2, 0) is 4.79 Å². The number of hydrogen-bond donors (Lipinski definition) is 2. The van der Waals surface area contributed by atoms with Gasteiger partial charge in [0.05, 0.1) is 26.0 Å². The highest BCUT2D eigenvalue weighted by Gasteiger charge is 2.22. The number of ether oxygens (including phenoxy) is 2. The minimum absolute atomic E-state index is 0.192. The van der Waals surface area contributed by atoms with Gasteiger partial charge in [-0.15, -0.1) is 11.3 Å². The molecule has 2 N–H and O–H groups in total. The Labute approximate surface area is 190 Å². The smallest absolute Gasteiger partial charge is 0.259 e. The van der Waals surface area contributed by atoms with Gasteiger partial charge in [-0.05, 0) is 49.9 Å². The van der Waals surface area contributed by atoms with E-state index in [0.717, 1.165) is 15.6 Å². The van der Waals surface area contributed by atoms with Gasteiger partial charge < -0.3 is 14.8 Å². The van der Waals surface area contributed by atoms with Gasteiger partial charge in [-0.25, -0.2) is 5.43 Å². The summed E-state index contributed by atoms with van der Waals surface area (Å²) in [5.41, 5.74) is 4.57. The summed E-state index contributed by atoms with van der Waals surface area (Å²) in [7, 11) is 1.53. The summed E-state index contributed by atoms with van der Waals surface area (Å²) in [4.78, 5) is 24.6. The summed E-state index contributed by atoms with van der Waals surface area (Å²) in [6.07, 6.45) is 2.39. The Hall–Kier alpha value is -3.39. The van der Waals surface area contributed by atoms with Crippen molar-refractivity contribution in [1.29, 1.82) is 0 Å². The van der Waals surface area contributed by atoms with Crippen LogP contribution in [0.15, 0.2) is 52.9 Å². The van der Waals surface area contributed by atoms with E-state index in [4.69, 9.17) is 9.47 Å². The monoisotopic (exact) mass is 451 g/mol. The molecular formula is C24H25N3O4S. The first kappa shape index (κ1) is 21.8. The topological polar surface area (TPSA) is 89.0 Å². The molecule has 0 atom stereocenters. The maximum absolute atomic E-state index is 12.5. The maximum Gasteiger partial charge on any atom is 0.259 e. The van der Waals surface area contributed by atoms with Crippen molar-refractivity contribution in [2.75, 3.05) is 20.3 Å². The van der Waals surface area contributed by atoms with E-state index in [1.54, 1.807) is 29.5 Å². The number of benzene rings is 2. The standard InChI is InChI=1S/C24H25N3O4S/c1-15(19-14-32-22-6-4-3-5-18(19)22)26-27-23(28)12-25-24(29)17-9-10-20(21(11-17)30-2)31-13-16-7-8-16/h3-6,9-11,14,16H,7-8,12-13H2,1-2H3,(H,25,29)(H,27,28). The molecule has 32 heavy (non-hydrogen) atoms. The minimum Gasteiger partial charge on any atom is -0.493 e. The minimum atomic E-state index is -0.409. The number of nitrogens with zero attached hydrogens (tertiary/aromatic N) is 1. The lowest BCUT2D eigenvalue weighted by atomic mass is 10.1. The molecule has 0 radical (unpaired) electrons. The molecule has 3 aromatic rings. The van der Waals surface area contributed by atoms with Crippen LogP contribution in [0.1, 0.15) is 35.7 Å². The largest absolute Gasteiger partial charge is 0.493 e. The van der Waals surface area contributed by atoms with Gasteiger partial charge in [0.25, 0.3) is 11.8 Å². The molecule has 1 saturated carbocycles. The zero-order chi connectivity index (χ0) is 22.5. The fourth-order valence-electron chi connectivity index (χ4n) is 3.19. The second kappa shape index (κ2) is 9.82. The summed E-state index contributed by atoms with van der Waals surface area (Å²) in [6, 6.07) is 13.0. The van der Waals surface area contributed by atoms with E-state index in [9.17, 15) is 9.59 Å². The van der Waals surface area contributed by atoms with Crippen molar-refractivity contribution in [3.05, 3.63) is 59.0 Å². The maximum atomic E-state index is 12.5. The van der Waals surface area contributed by atoms with Gasteiger partial charge in [-0.1, -0.05) is 18.2 Å². The Morgan fingerprint density at radius 1 is 1.16 bits per heavy atom.